The highest BCUT2D eigenvalue weighted by Crippen LogP contribution is 2.26. The molecule has 1 unspecified atom stereocenters. The Morgan fingerprint density at radius 1 is 1.54 bits per heavy atom. The summed E-state index contributed by atoms with van der Waals surface area (Å²) in [6.45, 7) is 7.23. The van der Waals surface area contributed by atoms with Gasteiger partial charge in [0, 0.05) is 17.8 Å². The van der Waals surface area contributed by atoms with Gasteiger partial charge in [0.15, 0.2) is 0 Å². The number of rotatable bonds is 4. The summed E-state index contributed by atoms with van der Waals surface area (Å²) in [5, 5.41) is 3.34. The number of aryl methyl sites for hydroxylation is 1. The van der Waals surface area contributed by atoms with Gasteiger partial charge in [0.2, 0.25) is 0 Å². The molecular formula is C10H18N2S. The summed E-state index contributed by atoms with van der Waals surface area (Å²) in [6.07, 6.45) is 1.02. The van der Waals surface area contributed by atoms with Gasteiger partial charge in [-0.3, -0.25) is 0 Å². The van der Waals surface area contributed by atoms with E-state index in [4.69, 9.17) is 5.73 Å². The lowest BCUT2D eigenvalue weighted by Gasteiger charge is -2.15. The van der Waals surface area contributed by atoms with Crippen LogP contribution < -0.4 is 5.73 Å². The molecule has 2 N–H and O–H groups in total. The first-order valence-corrected chi connectivity index (χ1v) is 5.71. The maximum atomic E-state index is 5.72. The number of nitrogens with two attached hydrogens (primary N) is 1. The first-order chi connectivity index (χ1) is 6.19. The molecule has 0 fully saturated rings. The zero-order chi connectivity index (χ0) is 9.84. The zero-order valence-corrected chi connectivity index (χ0v) is 9.40. The summed E-state index contributed by atoms with van der Waals surface area (Å²) in [7, 11) is 0. The van der Waals surface area contributed by atoms with E-state index in [-0.39, 0.29) is 0 Å². The molecule has 0 spiro atoms. The highest BCUT2D eigenvalue weighted by molar-refractivity contribution is 7.09. The van der Waals surface area contributed by atoms with Gasteiger partial charge in [-0.2, -0.15) is 0 Å². The van der Waals surface area contributed by atoms with Crippen molar-refractivity contribution in [1.82, 2.24) is 4.98 Å². The van der Waals surface area contributed by atoms with Gasteiger partial charge in [0.1, 0.15) is 0 Å². The van der Waals surface area contributed by atoms with Crippen molar-refractivity contribution in [3.8, 4) is 0 Å². The molecule has 2 nitrogen and oxygen atoms in total. The largest absolute Gasteiger partial charge is 0.330 e. The van der Waals surface area contributed by atoms with E-state index >= 15 is 0 Å². The van der Waals surface area contributed by atoms with Crippen LogP contribution in [-0.4, -0.2) is 11.5 Å². The van der Waals surface area contributed by atoms with Crippen LogP contribution in [0.1, 0.15) is 37.4 Å². The fraction of sp³-hybridized carbons (Fsp3) is 0.700. The van der Waals surface area contributed by atoms with Crippen molar-refractivity contribution in [3.05, 3.63) is 16.1 Å². The third-order valence-electron chi connectivity index (χ3n) is 2.31. The summed E-state index contributed by atoms with van der Waals surface area (Å²) in [4.78, 5) is 4.56. The molecule has 1 aromatic heterocycles. The van der Waals surface area contributed by atoms with Crippen LogP contribution in [0.4, 0.5) is 0 Å². The summed E-state index contributed by atoms with van der Waals surface area (Å²) in [6, 6.07) is 0. The van der Waals surface area contributed by atoms with Crippen LogP contribution >= 0.6 is 11.3 Å². The molecule has 0 aliphatic heterocycles. The number of hydrogen-bond donors (Lipinski definition) is 1. The molecule has 0 radical (unpaired) electrons. The maximum absolute atomic E-state index is 5.72. The average molecular weight is 198 g/mol. The first kappa shape index (κ1) is 10.7. The Morgan fingerprint density at radius 2 is 2.23 bits per heavy atom. The van der Waals surface area contributed by atoms with Gasteiger partial charge in [0.25, 0.3) is 0 Å². The zero-order valence-electron chi connectivity index (χ0n) is 8.58. The molecule has 0 bridgehead atoms. The molecule has 3 heteroatoms. The first-order valence-electron chi connectivity index (χ1n) is 4.83. The van der Waals surface area contributed by atoms with Crippen LogP contribution in [0.3, 0.4) is 0 Å². The van der Waals surface area contributed by atoms with E-state index in [0.29, 0.717) is 18.4 Å². The van der Waals surface area contributed by atoms with E-state index in [1.54, 1.807) is 11.3 Å². The molecule has 0 saturated heterocycles. The van der Waals surface area contributed by atoms with E-state index in [1.165, 1.54) is 10.7 Å². The molecule has 0 aliphatic rings. The van der Waals surface area contributed by atoms with Gasteiger partial charge < -0.3 is 5.73 Å². The van der Waals surface area contributed by atoms with Crippen molar-refractivity contribution < 1.29 is 0 Å². The smallest absolute Gasteiger partial charge is 0.0974 e. The second kappa shape index (κ2) is 4.72. The van der Waals surface area contributed by atoms with Crippen molar-refractivity contribution in [2.75, 3.05) is 6.54 Å². The van der Waals surface area contributed by atoms with Crippen molar-refractivity contribution >= 4 is 11.3 Å². The normalized spacial score (nSPS) is 13.6. The molecule has 0 amide bonds. The van der Waals surface area contributed by atoms with E-state index in [9.17, 15) is 0 Å². The standard InChI is InChI=1S/C10H18N2S/c1-4-8-6-13-10(12-8)9(5-11)7(2)3/h6-7,9H,4-5,11H2,1-3H3. The predicted octanol–water partition coefficient (Wildman–Crippen LogP) is 2.40. The lowest BCUT2D eigenvalue weighted by molar-refractivity contribution is 0.503. The van der Waals surface area contributed by atoms with Gasteiger partial charge >= 0.3 is 0 Å². The van der Waals surface area contributed by atoms with Crippen LogP contribution in [0.15, 0.2) is 5.38 Å². The minimum Gasteiger partial charge on any atom is -0.330 e. The summed E-state index contributed by atoms with van der Waals surface area (Å²) in [5.74, 6) is 1.02. The minimum atomic E-state index is 0.435. The molecule has 1 aromatic rings. The number of nitrogens with zero attached hydrogens (tertiary/aromatic N) is 1. The van der Waals surface area contributed by atoms with Gasteiger partial charge in [-0.25, -0.2) is 4.98 Å². The lowest BCUT2D eigenvalue weighted by Crippen LogP contribution is -2.17. The molecule has 74 valence electrons. The molecular weight excluding hydrogens is 180 g/mol. The molecule has 0 aliphatic carbocycles. The van der Waals surface area contributed by atoms with Crippen molar-refractivity contribution in [2.45, 2.75) is 33.1 Å². The van der Waals surface area contributed by atoms with Crippen molar-refractivity contribution in [3.63, 3.8) is 0 Å². The van der Waals surface area contributed by atoms with E-state index < -0.39 is 0 Å². The Kier molecular flexibility index (Phi) is 3.88. The third kappa shape index (κ3) is 2.51. The predicted molar refractivity (Wildman–Crippen MR) is 58.1 cm³/mol. The lowest BCUT2D eigenvalue weighted by atomic mass is 9.97. The fourth-order valence-corrected chi connectivity index (χ4v) is 2.50. The molecule has 1 rings (SSSR count). The quantitative estimate of drug-likeness (QED) is 0.807. The monoisotopic (exact) mass is 198 g/mol. The van der Waals surface area contributed by atoms with Crippen molar-refractivity contribution in [1.29, 1.82) is 0 Å². The molecule has 13 heavy (non-hydrogen) atoms. The van der Waals surface area contributed by atoms with Crippen LogP contribution in [0.2, 0.25) is 0 Å². The average Bonchev–Trinajstić information content (AvgIpc) is 2.53. The molecule has 1 heterocycles. The molecule has 0 aromatic carbocycles. The Hall–Kier alpha value is -0.410. The molecule has 1 atom stereocenters. The topological polar surface area (TPSA) is 38.9 Å². The van der Waals surface area contributed by atoms with Crippen LogP contribution in [0.5, 0.6) is 0 Å². The Bertz CT molecular complexity index is 255. The van der Waals surface area contributed by atoms with Gasteiger partial charge in [-0.05, 0) is 12.3 Å². The fourth-order valence-electron chi connectivity index (χ4n) is 1.31. The van der Waals surface area contributed by atoms with Crippen LogP contribution in [-0.2, 0) is 6.42 Å². The summed E-state index contributed by atoms with van der Waals surface area (Å²) in [5.41, 5.74) is 6.92. The number of aromatic nitrogens is 1. The maximum Gasteiger partial charge on any atom is 0.0974 e. The van der Waals surface area contributed by atoms with Gasteiger partial charge in [-0.15, -0.1) is 11.3 Å². The van der Waals surface area contributed by atoms with E-state index in [2.05, 4.69) is 31.1 Å². The van der Waals surface area contributed by atoms with Gasteiger partial charge in [0.05, 0.1) is 10.7 Å². The molecule has 0 saturated carbocycles. The van der Waals surface area contributed by atoms with Crippen LogP contribution in [0.25, 0.3) is 0 Å². The van der Waals surface area contributed by atoms with E-state index in [0.717, 1.165) is 6.42 Å². The highest BCUT2D eigenvalue weighted by atomic mass is 32.1. The van der Waals surface area contributed by atoms with E-state index in [1.807, 2.05) is 0 Å². The second-order valence-corrected chi connectivity index (χ2v) is 4.51. The summed E-state index contributed by atoms with van der Waals surface area (Å²) < 4.78 is 0. The SMILES string of the molecule is CCc1csc(C(CN)C(C)C)n1. The van der Waals surface area contributed by atoms with Gasteiger partial charge in [-0.1, -0.05) is 20.8 Å². The highest BCUT2D eigenvalue weighted by Gasteiger charge is 2.17. The minimum absolute atomic E-state index is 0.435. The van der Waals surface area contributed by atoms with Crippen LogP contribution in [0, 0.1) is 5.92 Å². The number of thiazole rings is 1. The third-order valence-corrected chi connectivity index (χ3v) is 3.33. The second-order valence-electron chi connectivity index (χ2n) is 3.62. The number of hydrogen-bond acceptors (Lipinski definition) is 3. The Balaban J connectivity index is 2.79. The summed E-state index contributed by atoms with van der Waals surface area (Å²) >= 11 is 1.74. The van der Waals surface area contributed by atoms with Crippen molar-refractivity contribution in [2.24, 2.45) is 11.7 Å². The Morgan fingerprint density at radius 3 is 2.62 bits per heavy atom. The Labute approximate surface area is 84.2 Å².